The van der Waals surface area contributed by atoms with Crippen LogP contribution in [0.1, 0.15) is 36.8 Å². The number of urea groups is 1. The first-order valence-electron chi connectivity index (χ1n) is 13.6. The van der Waals surface area contributed by atoms with Crippen LogP contribution in [0.4, 0.5) is 16.3 Å². The largest absolute Gasteiger partial charge is 0.385 e. The number of carbonyl (C=O) groups excluding carboxylic acids is 1. The van der Waals surface area contributed by atoms with Crippen molar-refractivity contribution in [2.75, 3.05) is 57.2 Å². The lowest BCUT2D eigenvalue weighted by Crippen LogP contribution is -2.48. The Morgan fingerprint density at radius 2 is 2.00 bits per heavy atom. The minimum atomic E-state index is -0.140. The lowest BCUT2D eigenvalue weighted by atomic mass is 9.91. The minimum absolute atomic E-state index is 0.140. The molecule has 0 aliphatic carbocycles. The molecule has 2 amide bonds. The fourth-order valence-electron chi connectivity index (χ4n) is 5.65. The van der Waals surface area contributed by atoms with Crippen LogP contribution in [0.2, 0.25) is 0 Å². The predicted molar refractivity (Wildman–Crippen MR) is 152 cm³/mol. The zero-order chi connectivity index (χ0) is 27.4. The molecule has 1 saturated heterocycles. The van der Waals surface area contributed by atoms with E-state index in [0.717, 1.165) is 78.4 Å². The molecule has 4 N–H and O–H groups in total. The highest BCUT2D eigenvalue weighted by atomic mass is 16.5. The van der Waals surface area contributed by atoms with E-state index in [4.69, 9.17) is 4.74 Å². The molecule has 0 atom stereocenters. The van der Waals surface area contributed by atoms with Crippen molar-refractivity contribution < 1.29 is 9.53 Å². The van der Waals surface area contributed by atoms with Gasteiger partial charge in [-0.2, -0.15) is 5.26 Å². The van der Waals surface area contributed by atoms with Crippen molar-refractivity contribution in [1.29, 1.82) is 10.7 Å². The van der Waals surface area contributed by atoms with Gasteiger partial charge in [0.05, 0.1) is 18.2 Å². The summed E-state index contributed by atoms with van der Waals surface area (Å²) in [5.41, 5.74) is 6.23. The Morgan fingerprint density at radius 1 is 1.18 bits per heavy atom. The van der Waals surface area contributed by atoms with Crippen LogP contribution in [-0.4, -0.2) is 74.7 Å². The number of ether oxygens (including phenoxy) is 1. The number of amides is 2. The van der Waals surface area contributed by atoms with E-state index in [-0.39, 0.29) is 6.03 Å². The molecule has 0 spiro atoms. The summed E-state index contributed by atoms with van der Waals surface area (Å²) in [7, 11) is 3.46. The van der Waals surface area contributed by atoms with Gasteiger partial charge in [-0.25, -0.2) is 9.78 Å². The second-order valence-corrected chi connectivity index (χ2v) is 10.1. The number of aryl methyl sites for hydroxylation is 1. The van der Waals surface area contributed by atoms with E-state index in [1.165, 1.54) is 0 Å². The summed E-state index contributed by atoms with van der Waals surface area (Å²) in [6, 6.07) is 10.4. The molecule has 5 rings (SSSR count). The van der Waals surface area contributed by atoms with Crippen molar-refractivity contribution in [3.8, 4) is 17.2 Å². The topological polar surface area (TPSA) is 129 Å². The number of pyridine rings is 1. The first kappa shape index (κ1) is 26.5. The van der Waals surface area contributed by atoms with Gasteiger partial charge >= 0.3 is 6.03 Å². The van der Waals surface area contributed by atoms with Gasteiger partial charge in [0, 0.05) is 81.6 Å². The van der Waals surface area contributed by atoms with E-state index in [1.54, 1.807) is 18.1 Å². The van der Waals surface area contributed by atoms with Gasteiger partial charge in [-0.05, 0) is 61.1 Å². The van der Waals surface area contributed by atoms with Crippen molar-refractivity contribution in [2.45, 2.75) is 38.1 Å². The monoisotopic (exact) mass is 528 g/mol. The molecule has 0 bridgehead atoms. The van der Waals surface area contributed by atoms with E-state index < -0.39 is 0 Å². The van der Waals surface area contributed by atoms with Crippen molar-refractivity contribution in [1.82, 2.24) is 20.5 Å². The second kappa shape index (κ2) is 11.7. The Morgan fingerprint density at radius 3 is 2.74 bits per heavy atom. The first-order valence-corrected chi connectivity index (χ1v) is 13.6. The zero-order valence-electron chi connectivity index (χ0n) is 22.6. The fourth-order valence-corrected chi connectivity index (χ4v) is 5.65. The smallest absolute Gasteiger partial charge is 0.317 e. The third-order valence-electron chi connectivity index (χ3n) is 7.79. The number of aromatic nitrogens is 1. The molecule has 2 aromatic rings. The van der Waals surface area contributed by atoms with Gasteiger partial charge in [0.1, 0.15) is 11.7 Å². The quantitative estimate of drug-likeness (QED) is 0.345. The van der Waals surface area contributed by atoms with Crippen LogP contribution in [0.5, 0.6) is 0 Å². The number of benzene rings is 1. The molecule has 3 aliphatic heterocycles. The number of carbonyl (C=O) groups is 1. The van der Waals surface area contributed by atoms with Crippen molar-refractivity contribution in [3.63, 3.8) is 0 Å². The van der Waals surface area contributed by atoms with Crippen LogP contribution in [0.15, 0.2) is 41.7 Å². The van der Waals surface area contributed by atoms with Gasteiger partial charge in [0.15, 0.2) is 0 Å². The molecule has 204 valence electrons. The second-order valence-electron chi connectivity index (χ2n) is 10.1. The minimum Gasteiger partial charge on any atom is -0.385 e. The molecule has 1 aromatic carbocycles. The molecule has 1 fully saturated rings. The Labute approximate surface area is 229 Å². The van der Waals surface area contributed by atoms with Gasteiger partial charge in [-0.1, -0.05) is 0 Å². The van der Waals surface area contributed by atoms with Crippen molar-refractivity contribution >= 4 is 23.4 Å². The number of nitrogens with one attached hydrogen (secondary N) is 4. The molecule has 39 heavy (non-hydrogen) atoms. The number of amidine groups is 1. The lowest BCUT2D eigenvalue weighted by Gasteiger charge is -2.38. The molecule has 0 unspecified atom stereocenters. The maximum absolute atomic E-state index is 12.5. The first-order chi connectivity index (χ1) is 19.0. The summed E-state index contributed by atoms with van der Waals surface area (Å²) >= 11 is 0. The van der Waals surface area contributed by atoms with Gasteiger partial charge in [0.2, 0.25) is 0 Å². The Balaban J connectivity index is 1.51. The number of hydrogen-bond donors (Lipinski definition) is 4. The summed E-state index contributed by atoms with van der Waals surface area (Å²) in [6.07, 6.45) is 6.03. The van der Waals surface area contributed by atoms with Crippen LogP contribution in [0.3, 0.4) is 0 Å². The Hall–Kier alpha value is -4.10. The summed E-state index contributed by atoms with van der Waals surface area (Å²) < 4.78 is 5.54. The highest BCUT2D eigenvalue weighted by Crippen LogP contribution is 2.36. The molecule has 4 heterocycles. The number of anilines is 2. The summed E-state index contributed by atoms with van der Waals surface area (Å²) in [5.74, 6) is 1.13. The number of nitrogens with zero attached hydrogens (tertiary/aromatic N) is 4. The van der Waals surface area contributed by atoms with Crippen molar-refractivity contribution in [3.05, 3.63) is 52.9 Å². The van der Waals surface area contributed by atoms with Crippen LogP contribution in [-0.2, 0) is 11.2 Å². The maximum Gasteiger partial charge on any atom is 0.317 e. The molecule has 3 aliphatic rings. The van der Waals surface area contributed by atoms with Crippen LogP contribution < -0.4 is 20.9 Å². The van der Waals surface area contributed by atoms with Crippen LogP contribution >= 0.6 is 0 Å². The standard InChI is InChI=1S/C29H36N8O2/c1-32-27-16-19(5-9-34-27)23-14-20-4-3-10-37(26(20)15-21(23)17-30)28(31)24-18-36(29(38)33-2)11-6-25(24)35-22-7-12-39-13-8-22/h5,9,14-16,22,31,35H,3-4,6-8,10-13,18H2,1-2H3,(H,32,34)(H,33,38). The number of fused-ring (bicyclic) bond motifs is 1. The maximum atomic E-state index is 12.5. The SMILES string of the molecule is CNC(=O)N1CCC(NC2CCOCC2)=C(C(=N)N2CCCc3cc(-c4ccnc(NC)c4)c(C#N)cc32)C1. The average molecular weight is 529 g/mol. The summed E-state index contributed by atoms with van der Waals surface area (Å²) in [5, 5.41) is 29.0. The lowest BCUT2D eigenvalue weighted by molar-refractivity contribution is 0.0798. The molecule has 10 heteroatoms. The van der Waals surface area contributed by atoms with Gasteiger partial charge < -0.3 is 30.5 Å². The molecular formula is C29H36N8O2. The molecular weight excluding hydrogens is 492 g/mol. The number of rotatable bonds is 5. The third-order valence-corrected chi connectivity index (χ3v) is 7.79. The van der Waals surface area contributed by atoms with Gasteiger partial charge in [-0.3, -0.25) is 5.41 Å². The predicted octanol–water partition coefficient (Wildman–Crippen LogP) is 3.46. The third kappa shape index (κ3) is 5.54. The Kier molecular flexibility index (Phi) is 7.98. The highest BCUT2D eigenvalue weighted by Gasteiger charge is 2.31. The Bertz CT molecular complexity index is 1330. The summed E-state index contributed by atoms with van der Waals surface area (Å²) in [6.45, 7) is 3.11. The molecule has 0 radical (unpaired) electrons. The van der Waals surface area contributed by atoms with E-state index in [1.807, 2.05) is 30.1 Å². The molecule has 1 aromatic heterocycles. The normalized spacial score (nSPS) is 17.8. The van der Waals surface area contributed by atoms with E-state index in [2.05, 4.69) is 33.1 Å². The molecule has 0 saturated carbocycles. The molecule has 10 nitrogen and oxygen atoms in total. The van der Waals surface area contributed by atoms with Gasteiger partial charge in [0.25, 0.3) is 0 Å². The average Bonchev–Trinajstić information content (AvgIpc) is 3.00. The number of nitriles is 1. The van der Waals surface area contributed by atoms with Crippen molar-refractivity contribution in [2.24, 2.45) is 0 Å². The summed E-state index contributed by atoms with van der Waals surface area (Å²) in [4.78, 5) is 20.6. The zero-order valence-corrected chi connectivity index (χ0v) is 22.6. The van der Waals surface area contributed by atoms with Crippen LogP contribution in [0, 0.1) is 16.7 Å². The van der Waals surface area contributed by atoms with E-state index >= 15 is 0 Å². The van der Waals surface area contributed by atoms with E-state index in [0.29, 0.717) is 43.5 Å². The fraction of sp³-hybridized carbons (Fsp3) is 0.448. The van der Waals surface area contributed by atoms with E-state index in [9.17, 15) is 15.5 Å². The highest BCUT2D eigenvalue weighted by molar-refractivity contribution is 6.09. The number of hydrogen-bond acceptors (Lipinski definition) is 7. The van der Waals surface area contributed by atoms with Gasteiger partial charge in [-0.15, -0.1) is 0 Å². The van der Waals surface area contributed by atoms with Crippen LogP contribution in [0.25, 0.3) is 11.1 Å².